The molecule has 2 aromatic carbocycles. The van der Waals surface area contributed by atoms with E-state index in [0.29, 0.717) is 10.8 Å². The number of carbonyl (C=O) groups excluding carboxylic acids is 1. The highest BCUT2D eigenvalue weighted by atomic mass is 32.1. The lowest BCUT2D eigenvalue weighted by atomic mass is 10.0. The lowest BCUT2D eigenvalue weighted by molar-refractivity contribution is -0.385. The van der Waals surface area contributed by atoms with E-state index < -0.39 is 4.92 Å². The van der Waals surface area contributed by atoms with Crippen molar-refractivity contribution >= 4 is 33.8 Å². The Labute approximate surface area is 172 Å². The van der Waals surface area contributed by atoms with Crippen LogP contribution in [0, 0.1) is 30.9 Å². The molecule has 0 aliphatic carbocycles. The van der Waals surface area contributed by atoms with Crippen LogP contribution in [-0.2, 0) is 11.4 Å². The maximum absolute atomic E-state index is 12.4. The summed E-state index contributed by atoms with van der Waals surface area (Å²) < 4.78 is 5.61. The Morgan fingerprint density at radius 2 is 1.86 bits per heavy atom. The summed E-state index contributed by atoms with van der Waals surface area (Å²) in [5, 5.41) is 13.4. The molecule has 0 atom stereocenters. The number of hydrogen-bond donors (Lipinski definition) is 0. The molecule has 0 fully saturated rings. The molecule has 3 rings (SSSR count). The van der Waals surface area contributed by atoms with Crippen LogP contribution < -0.4 is 9.64 Å². The van der Waals surface area contributed by atoms with Crippen molar-refractivity contribution < 1.29 is 14.5 Å². The second kappa shape index (κ2) is 8.40. The normalized spacial score (nSPS) is 10.6. The average Bonchev–Trinajstić information content (AvgIpc) is 3.11. The van der Waals surface area contributed by atoms with Crippen molar-refractivity contribution in [3.05, 3.63) is 74.3 Å². The molecule has 150 valence electrons. The van der Waals surface area contributed by atoms with Crippen LogP contribution >= 0.6 is 11.3 Å². The smallest absolute Gasteiger partial charge is 0.310 e. The monoisotopic (exact) mass is 411 g/mol. The van der Waals surface area contributed by atoms with Crippen LogP contribution in [-0.4, -0.2) is 15.8 Å². The van der Waals surface area contributed by atoms with Crippen LogP contribution in [0.3, 0.4) is 0 Å². The number of benzene rings is 2. The first-order valence-corrected chi connectivity index (χ1v) is 9.85. The molecule has 8 heteroatoms. The van der Waals surface area contributed by atoms with E-state index in [1.807, 2.05) is 32.9 Å². The van der Waals surface area contributed by atoms with Gasteiger partial charge in [-0.05, 0) is 38.0 Å². The van der Waals surface area contributed by atoms with Crippen LogP contribution in [0.25, 0.3) is 0 Å². The van der Waals surface area contributed by atoms with Crippen molar-refractivity contribution in [3.63, 3.8) is 0 Å². The van der Waals surface area contributed by atoms with E-state index in [1.165, 1.54) is 24.3 Å². The number of aryl methyl sites for hydroxylation is 3. The quantitative estimate of drug-likeness (QED) is 0.409. The van der Waals surface area contributed by atoms with Crippen LogP contribution in [0.4, 0.5) is 16.5 Å². The molecule has 7 nitrogen and oxygen atoms in total. The number of nitrogens with zero attached hydrogens (tertiary/aromatic N) is 3. The molecule has 0 radical (unpaired) electrons. The second-order valence-electron chi connectivity index (χ2n) is 6.74. The number of amides is 1. The zero-order valence-corrected chi connectivity index (χ0v) is 17.4. The molecule has 1 amide bonds. The van der Waals surface area contributed by atoms with Gasteiger partial charge >= 0.3 is 5.69 Å². The van der Waals surface area contributed by atoms with E-state index in [-0.39, 0.29) is 24.0 Å². The van der Waals surface area contributed by atoms with Gasteiger partial charge in [-0.1, -0.05) is 29.8 Å². The van der Waals surface area contributed by atoms with Gasteiger partial charge in [0.1, 0.15) is 6.61 Å². The topological polar surface area (TPSA) is 85.6 Å². The second-order valence-corrected chi connectivity index (χ2v) is 7.57. The lowest BCUT2D eigenvalue weighted by Gasteiger charge is -2.23. The summed E-state index contributed by atoms with van der Waals surface area (Å²) in [5.74, 6) is 0.0428. The third-order valence-electron chi connectivity index (χ3n) is 4.34. The molecular weight excluding hydrogens is 390 g/mol. The van der Waals surface area contributed by atoms with Gasteiger partial charge in [0.25, 0.3) is 0 Å². The molecule has 0 bridgehead atoms. The van der Waals surface area contributed by atoms with Crippen molar-refractivity contribution in [1.82, 2.24) is 4.98 Å². The summed E-state index contributed by atoms with van der Waals surface area (Å²) in [5.41, 5.74) is 4.43. The zero-order valence-electron chi connectivity index (χ0n) is 16.6. The van der Waals surface area contributed by atoms with Crippen molar-refractivity contribution in [1.29, 1.82) is 0 Å². The number of carbonyl (C=O) groups is 1. The summed E-state index contributed by atoms with van der Waals surface area (Å²) in [6.07, 6.45) is 0. The number of thiazole rings is 1. The summed E-state index contributed by atoms with van der Waals surface area (Å²) in [6.45, 7) is 7.53. The molecule has 0 N–H and O–H groups in total. The number of ether oxygens (including phenoxy) is 1. The van der Waals surface area contributed by atoms with Crippen LogP contribution in [0.15, 0.2) is 41.8 Å². The largest absolute Gasteiger partial charge is 0.480 e. The Balaban J connectivity index is 1.86. The van der Waals surface area contributed by atoms with Crippen LogP contribution in [0.5, 0.6) is 5.75 Å². The van der Waals surface area contributed by atoms with Crippen molar-refractivity contribution in [3.8, 4) is 5.75 Å². The minimum atomic E-state index is -0.484. The van der Waals surface area contributed by atoms with Crippen molar-refractivity contribution in [2.45, 2.75) is 34.3 Å². The number of aromatic nitrogens is 1. The van der Waals surface area contributed by atoms with Gasteiger partial charge in [-0.2, -0.15) is 0 Å². The molecular formula is C21H21N3O4S. The molecule has 29 heavy (non-hydrogen) atoms. The van der Waals surface area contributed by atoms with Gasteiger partial charge in [0.05, 0.1) is 16.3 Å². The number of anilines is 2. The number of nitro groups is 1. The third kappa shape index (κ3) is 4.43. The lowest BCUT2D eigenvalue weighted by Crippen LogP contribution is -2.24. The zero-order chi connectivity index (χ0) is 21.1. The van der Waals surface area contributed by atoms with E-state index in [1.54, 1.807) is 28.5 Å². The molecule has 1 heterocycles. The Hall–Kier alpha value is -3.26. The van der Waals surface area contributed by atoms with E-state index in [2.05, 4.69) is 4.98 Å². The maximum atomic E-state index is 12.4. The first-order valence-electron chi connectivity index (χ1n) is 8.97. The van der Waals surface area contributed by atoms with E-state index in [0.717, 1.165) is 22.4 Å². The average molecular weight is 411 g/mol. The van der Waals surface area contributed by atoms with Gasteiger partial charge in [0.15, 0.2) is 10.9 Å². The summed E-state index contributed by atoms with van der Waals surface area (Å²) in [6, 6.07) is 10.3. The Morgan fingerprint density at radius 1 is 1.21 bits per heavy atom. The first-order chi connectivity index (χ1) is 13.8. The first kappa shape index (κ1) is 20.5. The Kier molecular flexibility index (Phi) is 5.93. The van der Waals surface area contributed by atoms with Crippen molar-refractivity contribution in [2.75, 3.05) is 4.90 Å². The highest BCUT2D eigenvalue weighted by Gasteiger charge is 2.22. The molecule has 0 spiro atoms. The SMILES string of the molecule is CC(=O)N(c1nc(COc2ccccc2[N+](=O)[O-])cs1)c1c(C)cc(C)cc1C. The minimum Gasteiger partial charge on any atom is -0.480 e. The molecule has 0 saturated heterocycles. The van der Waals surface area contributed by atoms with Crippen LogP contribution in [0.2, 0.25) is 0 Å². The number of nitro benzene ring substituents is 1. The van der Waals surface area contributed by atoms with Gasteiger partial charge in [0.2, 0.25) is 5.91 Å². The predicted octanol–water partition coefficient (Wildman–Crippen LogP) is 5.24. The fourth-order valence-corrected chi connectivity index (χ4v) is 4.12. The number of rotatable bonds is 6. The summed E-state index contributed by atoms with van der Waals surface area (Å²) >= 11 is 1.33. The number of hydrogen-bond acceptors (Lipinski definition) is 6. The van der Waals surface area contributed by atoms with Gasteiger partial charge < -0.3 is 4.74 Å². The van der Waals surface area contributed by atoms with Gasteiger partial charge in [-0.25, -0.2) is 4.98 Å². The predicted molar refractivity (Wildman–Crippen MR) is 113 cm³/mol. The van der Waals surface area contributed by atoms with Gasteiger partial charge in [0, 0.05) is 18.4 Å². The number of para-hydroxylation sites is 2. The molecule has 1 aromatic heterocycles. The summed E-state index contributed by atoms with van der Waals surface area (Å²) in [7, 11) is 0. The van der Waals surface area contributed by atoms with Crippen molar-refractivity contribution in [2.24, 2.45) is 0 Å². The Morgan fingerprint density at radius 3 is 2.48 bits per heavy atom. The standard InChI is InChI=1S/C21H21N3O4S/c1-13-9-14(2)20(15(3)10-13)23(16(4)25)21-22-17(12-29-21)11-28-19-8-6-5-7-18(19)24(26)27/h5-10,12H,11H2,1-4H3. The molecule has 0 unspecified atom stereocenters. The molecule has 3 aromatic rings. The van der Waals surface area contributed by atoms with Gasteiger partial charge in [-0.3, -0.25) is 19.8 Å². The van der Waals surface area contributed by atoms with E-state index in [4.69, 9.17) is 4.74 Å². The highest BCUT2D eigenvalue weighted by Crippen LogP contribution is 2.35. The molecule has 0 aliphatic rings. The summed E-state index contributed by atoms with van der Waals surface area (Å²) in [4.78, 5) is 29.2. The van der Waals surface area contributed by atoms with Crippen LogP contribution in [0.1, 0.15) is 29.3 Å². The minimum absolute atomic E-state index is 0.0684. The fraction of sp³-hybridized carbons (Fsp3) is 0.238. The van der Waals surface area contributed by atoms with Gasteiger partial charge in [-0.15, -0.1) is 11.3 Å². The Bertz CT molecular complexity index is 1050. The third-order valence-corrected chi connectivity index (χ3v) is 5.22. The maximum Gasteiger partial charge on any atom is 0.310 e. The molecule has 0 aliphatic heterocycles. The van der Waals surface area contributed by atoms with E-state index in [9.17, 15) is 14.9 Å². The fourth-order valence-electron chi connectivity index (χ4n) is 3.26. The van der Waals surface area contributed by atoms with E-state index >= 15 is 0 Å². The molecule has 0 saturated carbocycles. The highest BCUT2D eigenvalue weighted by molar-refractivity contribution is 7.14.